The quantitative estimate of drug-likeness (QED) is 0.887. The molecule has 1 heterocycles. The number of nitrogens with zero attached hydrogens (tertiary/aromatic N) is 4. The predicted molar refractivity (Wildman–Crippen MR) is 82.2 cm³/mol. The van der Waals surface area contributed by atoms with Gasteiger partial charge in [-0.2, -0.15) is 10.1 Å². The Kier molecular flexibility index (Phi) is 5.12. The molecule has 1 aromatic carbocycles. The lowest BCUT2D eigenvalue weighted by Gasteiger charge is -2.19. The van der Waals surface area contributed by atoms with Gasteiger partial charge in [-0.25, -0.2) is 0 Å². The topological polar surface area (TPSA) is 53.9 Å². The molecule has 1 N–H and O–H groups in total. The van der Waals surface area contributed by atoms with Crippen molar-refractivity contribution in [3.63, 3.8) is 0 Å². The van der Waals surface area contributed by atoms with Crippen LogP contribution in [0.5, 0.6) is 0 Å². The maximum absolute atomic E-state index is 5.86. The molecule has 6 heteroatoms. The minimum Gasteiger partial charge on any atom is -0.356 e. The van der Waals surface area contributed by atoms with Crippen LogP contribution in [0.25, 0.3) is 0 Å². The smallest absolute Gasteiger partial charge is 0.244 e. The van der Waals surface area contributed by atoms with Gasteiger partial charge in [-0.05, 0) is 31.5 Å². The van der Waals surface area contributed by atoms with Crippen molar-refractivity contribution in [1.29, 1.82) is 0 Å². The van der Waals surface area contributed by atoms with Gasteiger partial charge in [0.25, 0.3) is 0 Å². The van der Waals surface area contributed by atoms with Crippen LogP contribution in [-0.2, 0) is 6.54 Å². The van der Waals surface area contributed by atoms with Gasteiger partial charge in [-0.1, -0.05) is 23.7 Å². The Balaban J connectivity index is 2.02. The van der Waals surface area contributed by atoms with Crippen LogP contribution in [0.15, 0.2) is 30.5 Å². The summed E-state index contributed by atoms with van der Waals surface area (Å²) < 4.78 is 0. The molecule has 20 heavy (non-hydrogen) atoms. The molecule has 0 unspecified atom stereocenters. The Morgan fingerprint density at radius 2 is 1.85 bits per heavy atom. The summed E-state index contributed by atoms with van der Waals surface area (Å²) in [6.07, 6.45) is 1.68. The van der Waals surface area contributed by atoms with Crippen LogP contribution in [0.1, 0.15) is 19.4 Å². The van der Waals surface area contributed by atoms with Gasteiger partial charge in [0.15, 0.2) is 5.82 Å². The predicted octanol–water partition coefficient (Wildman–Crippen LogP) is 2.98. The molecule has 2 aromatic rings. The van der Waals surface area contributed by atoms with Crippen molar-refractivity contribution in [1.82, 2.24) is 15.2 Å². The van der Waals surface area contributed by atoms with E-state index in [1.165, 1.54) is 0 Å². The molecule has 0 amide bonds. The number of nitrogens with one attached hydrogen (secondary N) is 1. The summed E-state index contributed by atoms with van der Waals surface area (Å²) in [7, 11) is 0. The van der Waals surface area contributed by atoms with E-state index >= 15 is 0 Å². The summed E-state index contributed by atoms with van der Waals surface area (Å²) in [6.45, 7) is 6.61. The van der Waals surface area contributed by atoms with Crippen LogP contribution >= 0.6 is 11.6 Å². The summed E-state index contributed by atoms with van der Waals surface area (Å²) in [5.74, 6) is 1.37. The highest BCUT2D eigenvalue weighted by Gasteiger charge is 2.06. The van der Waals surface area contributed by atoms with Crippen LogP contribution in [0.2, 0.25) is 5.02 Å². The molecule has 0 saturated heterocycles. The van der Waals surface area contributed by atoms with E-state index in [9.17, 15) is 0 Å². The molecule has 5 nitrogen and oxygen atoms in total. The number of anilines is 2. The van der Waals surface area contributed by atoms with Crippen molar-refractivity contribution in [2.75, 3.05) is 23.3 Å². The minimum absolute atomic E-state index is 0.532. The second-order valence-corrected chi connectivity index (χ2v) is 4.73. The van der Waals surface area contributed by atoms with E-state index in [0.29, 0.717) is 12.5 Å². The monoisotopic (exact) mass is 291 g/mol. The Bertz CT molecular complexity index is 540. The first-order valence-electron chi connectivity index (χ1n) is 6.66. The molecule has 0 spiro atoms. The van der Waals surface area contributed by atoms with Crippen LogP contribution in [0, 0.1) is 0 Å². The highest BCUT2D eigenvalue weighted by molar-refractivity contribution is 6.30. The van der Waals surface area contributed by atoms with E-state index in [1.54, 1.807) is 6.20 Å². The highest BCUT2D eigenvalue weighted by atomic mass is 35.5. The molecule has 0 radical (unpaired) electrons. The SMILES string of the molecule is CCN(CC)c1cnnc(NCc2ccc(Cl)cc2)n1. The Hall–Kier alpha value is -1.88. The molecule has 0 aliphatic heterocycles. The van der Waals surface area contributed by atoms with Gasteiger partial charge >= 0.3 is 0 Å². The second kappa shape index (κ2) is 7.05. The van der Waals surface area contributed by atoms with Crippen molar-refractivity contribution < 1.29 is 0 Å². The normalized spacial score (nSPS) is 10.3. The summed E-state index contributed by atoms with van der Waals surface area (Å²) in [5.41, 5.74) is 1.12. The maximum Gasteiger partial charge on any atom is 0.244 e. The molecule has 1 aromatic heterocycles. The average molecular weight is 292 g/mol. The van der Waals surface area contributed by atoms with Gasteiger partial charge in [0.1, 0.15) is 0 Å². The first kappa shape index (κ1) is 14.5. The summed E-state index contributed by atoms with van der Waals surface area (Å²) in [4.78, 5) is 6.59. The van der Waals surface area contributed by atoms with E-state index in [1.807, 2.05) is 24.3 Å². The van der Waals surface area contributed by atoms with Gasteiger partial charge < -0.3 is 10.2 Å². The lowest BCUT2D eigenvalue weighted by molar-refractivity contribution is 0.822. The Labute approximate surface area is 124 Å². The van der Waals surface area contributed by atoms with Gasteiger partial charge in [0.2, 0.25) is 5.95 Å². The van der Waals surface area contributed by atoms with Crippen LogP contribution in [-0.4, -0.2) is 28.3 Å². The fourth-order valence-electron chi connectivity index (χ4n) is 1.85. The minimum atomic E-state index is 0.532. The summed E-state index contributed by atoms with van der Waals surface area (Å²) in [6, 6.07) is 7.67. The maximum atomic E-state index is 5.86. The Morgan fingerprint density at radius 1 is 1.15 bits per heavy atom. The molecule has 0 bridgehead atoms. The lowest BCUT2D eigenvalue weighted by Crippen LogP contribution is -2.23. The molecular formula is C14H18ClN5. The first-order chi connectivity index (χ1) is 9.72. The van der Waals surface area contributed by atoms with Crippen LogP contribution in [0.3, 0.4) is 0 Å². The summed E-state index contributed by atoms with van der Waals surface area (Å²) in [5, 5.41) is 11.9. The number of rotatable bonds is 6. The van der Waals surface area contributed by atoms with Crippen LogP contribution < -0.4 is 10.2 Å². The number of benzene rings is 1. The molecular weight excluding hydrogens is 274 g/mol. The molecule has 0 saturated carbocycles. The fraction of sp³-hybridized carbons (Fsp3) is 0.357. The standard InChI is InChI=1S/C14H18ClN5/c1-3-20(4-2)13-10-17-19-14(18-13)16-9-11-5-7-12(15)8-6-11/h5-8,10H,3-4,9H2,1-2H3,(H,16,18,19). The first-order valence-corrected chi connectivity index (χ1v) is 7.03. The van der Waals surface area contributed by atoms with E-state index in [2.05, 4.69) is 39.2 Å². The zero-order chi connectivity index (χ0) is 14.4. The third-order valence-electron chi connectivity index (χ3n) is 3.00. The third kappa shape index (κ3) is 3.81. The van der Waals surface area contributed by atoms with Crippen molar-refractivity contribution in [3.05, 3.63) is 41.0 Å². The highest BCUT2D eigenvalue weighted by Crippen LogP contribution is 2.12. The van der Waals surface area contributed by atoms with Crippen molar-refractivity contribution in [2.45, 2.75) is 20.4 Å². The van der Waals surface area contributed by atoms with Gasteiger partial charge in [-0.3, -0.25) is 0 Å². The zero-order valence-corrected chi connectivity index (χ0v) is 12.4. The van der Waals surface area contributed by atoms with Crippen molar-refractivity contribution in [2.24, 2.45) is 0 Å². The number of aromatic nitrogens is 3. The average Bonchev–Trinajstić information content (AvgIpc) is 2.48. The largest absolute Gasteiger partial charge is 0.356 e. The molecule has 0 aliphatic rings. The zero-order valence-electron chi connectivity index (χ0n) is 11.7. The molecule has 0 fully saturated rings. The Morgan fingerprint density at radius 3 is 2.50 bits per heavy atom. The van der Waals surface area contributed by atoms with Gasteiger partial charge in [0.05, 0.1) is 6.20 Å². The third-order valence-corrected chi connectivity index (χ3v) is 3.25. The number of hydrogen-bond donors (Lipinski definition) is 1. The lowest BCUT2D eigenvalue weighted by atomic mass is 10.2. The molecule has 106 valence electrons. The fourth-order valence-corrected chi connectivity index (χ4v) is 1.98. The number of hydrogen-bond acceptors (Lipinski definition) is 5. The molecule has 0 atom stereocenters. The van der Waals surface area contributed by atoms with E-state index in [-0.39, 0.29) is 0 Å². The van der Waals surface area contributed by atoms with Crippen LogP contribution in [0.4, 0.5) is 11.8 Å². The van der Waals surface area contributed by atoms with Gasteiger partial charge in [0, 0.05) is 24.7 Å². The van der Waals surface area contributed by atoms with Gasteiger partial charge in [-0.15, -0.1) is 5.10 Å². The van der Waals surface area contributed by atoms with Crippen molar-refractivity contribution >= 4 is 23.4 Å². The molecule has 2 rings (SSSR count). The number of halogens is 1. The van der Waals surface area contributed by atoms with E-state index in [4.69, 9.17) is 11.6 Å². The van der Waals surface area contributed by atoms with Crippen molar-refractivity contribution in [3.8, 4) is 0 Å². The van der Waals surface area contributed by atoms with E-state index in [0.717, 1.165) is 29.5 Å². The summed E-state index contributed by atoms with van der Waals surface area (Å²) >= 11 is 5.86. The molecule has 0 aliphatic carbocycles. The van der Waals surface area contributed by atoms with E-state index < -0.39 is 0 Å². The second-order valence-electron chi connectivity index (χ2n) is 4.29.